The maximum atomic E-state index is 12.2. The number of nitrogens with one attached hydrogen (secondary N) is 1. The number of nitrogens with zero attached hydrogens (tertiary/aromatic N) is 2. The van der Waals surface area contributed by atoms with Crippen LogP contribution in [0.3, 0.4) is 0 Å². The van der Waals surface area contributed by atoms with E-state index in [1.807, 2.05) is 48.5 Å². The summed E-state index contributed by atoms with van der Waals surface area (Å²) in [6.45, 7) is 5.58. The van der Waals surface area contributed by atoms with E-state index in [1.165, 1.54) is 6.08 Å². The van der Waals surface area contributed by atoms with E-state index in [2.05, 4.69) is 11.9 Å². The summed E-state index contributed by atoms with van der Waals surface area (Å²) in [5.74, 6) is 0.261. The van der Waals surface area contributed by atoms with Crippen molar-refractivity contribution in [2.24, 2.45) is 0 Å². The highest BCUT2D eigenvalue weighted by atomic mass is 35.5. The van der Waals surface area contributed by atoms with Crippen molar-refractivity contribution in [1.29, 1.82) is 0 Å². The fourth-order valence-corrected chi connectivity index (χ4v) is 4.04. The molecular formula is C31H28ClN3O5. The van der Waals surface area contributed by atoms with E-state index in [1.54, 1.807) is 49.2 Å². The van der Waals surface area contributed by atoms with Crippen molar-refractivity contribution in [3.63, 3.8) is 0 Å². The molecule has 0 aliphatic carbocycles. The van der Waals surface area contributed by atoms with Crippen LogP contribution in [0.5, 0.6) is 11.5 Å². The third kappa shape index (κ3) is 6.98. The first-order valence-corrected chi connectivity index (χ1v) is 12.8. The second-order valence-corrected chi connectivity index (χ2v) is 9.18. The minimum Gasteiger partial charge on any atom is -0.497 e. The Balaban J connectivity index is 1.64. The van der Waals surface area contributed by atoms with Crippen molar-refractivity contribution in [2.45, 2.75) is 13.3 Å². The monoisotopic (exact) mass is 557 g/mol. The molecular weight excluding hydrogens is 530 g/mol. The number of hydrogen-bond donors (Lipinski definition) is 2. The molecule has 0 aliphatic heterocycles. The van der Waals surface area contributed by atoms with Gasteiger partial charge in [-0.3, -0.25) is 9.59 Å². The van der Waals surface area contributed by atoms with Crippen LogP contribution in [-0.4, -0.2) is 40.4 Å². The molecule has 0 bridgehead atoms. The summed E-state index contributed by atoms with van der Waals surface area (Å²) < 4.78 is 13.3. The van der Waals surface area contributed by atoms with E-state index in [9.17, 15) is 9.59 Å². The van der Waals surface area contributed by atoms with Gasteiger partial charge in [-0.1, -0.05) is 42.4 Å². The van der Waals surface area contributed by atoms with Crippen molar-refractivity contribution in [2.75, 3.05) is 13.7 Å². The zero-order chi connectivity index (χ0) is 28.6. The van der Waals surface area contributed by atoms with Gasteiger partial charge in [0.25, 0.3) is 5.91 Å². The maximum Gasteiger partial charge on any atom is 0.305 e. The highest BCUT2D eigenvalue weighted by Crippen LogP contribution is 2.34. The number of methoxy groups -OCH3 is 1. The minimum absolute atomic E-state index is 0.0125. The predicted octanol–water partition coefficient (Wildman–Crippen LogP) is 6.34. The molecule has 204 valence electrons. The van der Waals surface area contributed by atoms with E-state index in [0.717, 1.165) is 27.8 Å². The second kappa shape index (κ2) is 12.8. The largest absolute Gasteiger partial charge is 0.497 e. The lowest BCUT2D eigenvalue weighted by molar-refractivity contribution is -0.136. The summed E-state index contributed by atoms with van der Waals surface area (Å²) >= 11 is 6.23. The fraction of sp³-hybridized carbons (Fsp3) is 0.129. The van der Waals surface area contributed by atoms with Crippen LogP contribution in [-0.2, 0) is 9.59 Å². The van der Waals surface area contributed by atoms with E-state index in [0.29, 0.717) is 22.2 Å². The number of aliphatic carboxylic acids is 1. The van der Waals surface area contributed by atoms with Crippen LogP contribution in [0.4, 0.5) is 0 Å². The molecule has 9 heteroatoms. The molecule has 2 N–H and O–H groups in total. The quantitative estimate of drug-likeness (QED) is 0.127. The molecule has 4 rings (SSSR count). The van der Waals surface area contributed by atoms with Crippen LogP contribution in [0, 0.1) is 0 Å². The molecule has 1 amide bonds. The van der Waals surface area contributed by atoms with Crippen LogP contribution >= 0.6 is 11.6 Å². The Bertz CT molecular complexity index is 1640. The summed E-state index contributed by atoms with van der Waals surface area (Å²) in [5, 5.41) is 18.7. The van der Waals surface area contributed by atoms with Crippen LogP contribution in [0.15, 0.2) is 103 Å². The second-order valence-electron chi connectivity index (χ2n) is 8.75. The molecule has 3 aromatic carbocycles. The first-order valence-electron chi connectivity index (χ1n) is 12.4. The summed E-state index contributed by atoms with van der Waals surface area (Å²) in [7, 11) is 1.64. The Hall–Kier alpha value is -4.82. The van der Waals surface area contributed by atoms with Crippen molar-refractivity contribution in [3.8, 4) is 28.4 Å². The minimum atomic E-state index is -0.994. The van der Waals surface area contributed by atoms with Crippen molar-refractivity contribution in [1.82, 2.24) is 15.1 Å². The Morgan fingerprint density at radius 2 is 1.88 bits per heavy atom. The number of carbonyl (C=O) groups is 2. The average Bonchev–Trinajstić information content (AvgIpc) is 3.38. The molecule has 0 fully saturated rings. The lowest BCUT2D eigenvalue weighted by atomic mass is 10.0. The van der Waals surface area contributed by atoms with E-state index in [-0.39, 0.29) is 18.5 Å². The zero-order valence-electron chi connectivity index (χ0n) is 22.1. The van der Waals surface area contributed by atoms with Gasteiger partial charge < -0.3 is 19.9 Å². The van der Waals surface area contributed by atoms with Gasteiger partial charge in [-0.15, -0.1) is 0 Å². The van der Waals surface area contributed by atoms with Gasteiger partial charge in [0.1, 0.15) is 17.2 Å². The van der Waals surface area contributed by atoms with Gasteiger partial charge in [-0.25, -0.2) is 4.68 Å². The molecule has 0 saturated heterocycles. The molecule has 0 atom stereocenters. The number of carbonyl (C=O) groups excluding carboxylic acids is 1. The highest BCUT2D eigenvalue weighted by Gasteiger charge is 2.16. The number of carboxylic acids is 1. The van der Waals surface area contributed by atoms with Gasteiger partial charge in [0, 0.05) is 22.7 Å². The Morgan fingerprint density at radius 3 is 2.60 bits per heavy atom. The molecule has 0 unspecified atom stereocenters. The number of fused-ring (bicyclic) bond motifs is 1. The molecule has 0 radical (unpaired) electrons. The van der Waals surface area contributed by atoms with Gasteiger partial charge in [0.15, 0.2) is 5.75 Å². The number of halogens is 1. The summed E-state index contributed by atoms with van der Waals surface area (Å²) in [4.78, 5) is 22.9. The van der Waals surface area contributed by atoms with Crippen LogP contribution in [0.2, 0.25) is 5.02 Å². The van der Waals surface area contributed by atoms with Gasteiger partial charge in [0.05, 0.1) is 25.4 Å². The molecule has 4 aromatic rings. The number of aromatic nitrogens is 2. The Kier molecular flexibility index (Phi) is 9.04. The number of ether oxygens (including phenoxy) is 2. The van der Waals surface area contributed by atoms with Gasteiger partial charge in [0.2, 0.25) is 0 Å². The third-order valence-corrected chi connectivity index (χ3v) is 6.19. The van der Waals surface area contributed by atoms with E-state index >= 15 is 0 Å². The lowest BCUT2D eigenvalue weighted by Gasteiger charge is -2.08. The Labute approximate surface area is 236 Å². The molecule has 0 aliphatic rings. The summed E-state index contributed by atoms with van der Waals surface area (Å²) in [5.41, 5.74) is 2.37. The van der Waals surface area contributed by atoms with Crippen molar-refractivity contribution in [3.05, 3.63) is 108 Å². The average molecular weight is 558 g/mol. The standard InChI is InChI=1S/C31H28ClN3O5/c1-4-26(12-8-20(2)31(38)33-15-14-29(36)37)40-28-19-35(25-7-5-6-24(32)18-25)34-30(28)23-10-9-22-17-27(39-3)13-11-21(22)16-23/h4-13,16-19H,2,14-15H2,1,3H3,(H,33,38)(H,36,37)/b12-8-,26-4+. The van der Waals surface area contributed by atoms with Crippen LogP contribution in [0.1, 0.15) is 13.3 Å². The SMILES string of the molecule is C=C(/C=C\C(=C/C)Oc1cn(-c2cccc(Cl)c2)nc1-c1ccc2cc(OC)ccc2c1)C(=O)NCCC(=O)O. The van der Waals surface area contributed by atoms with Gasteiger partial charge in [-0.2, -0.15) is 5.10 Å². The zero-order valence-corrected chi connectivity index (χ0v) is 22.8. The molecule has 40 heavy (non-hydrogen) atoms. The lowest BCUT2D eigenvalue weighted by Crippen LogP contribution is -2.26. The predicted molar refractivity (Wildman–Crippen MR) is 156 cm³/mol. The topological polar surface area (TPSA) is 103 Å². The normalized spacial score (nSPS) is 11.5. The molecule has 8 nitrogen and oxygen atoms in total. The fourth-order valence-electron chi connectivity index (χ4n) is 3.85. The summed E-state index contributed by atoms with van der Waals surface area (Å²) in [6.07, 6.45) is 6.47. The van der Waals surface area contributed by atoms with Crippen LogP contribution in [0.25, 0.3) is 27.7 Å². The molecule has 0 saturated carbocycles. The molecule has 0 spiro atoms. The first kappa shape index (κ1) is 28.2. The Morgan fingerprint density at radius 1 is 1.10 bits per heavy atom. The summed E-state index contributed by atoms with van der Waals surface area (Å²) in [6, 6.07) is 19.2. The molecule has 1 aromatic heterocycles. The van der Waals surface area contributed by atoms with Gasteiger partial charge in [-0.05, 0) is 72.3 Å². The van der Waals surface area contributed by atoms with Crippen molar-refractivity contribution < 1.29 is 24.2 Å². The smallest absolute Gasteiger partial charge is 0.305 e. The van der Waals surface area contributed by atoms with E-state index in [4.69, 9.17) is 31.3 Å². The number of carboxylic acid groups (broad SMARTS) is 1. The van der Waals surface area contributed by atoms with Gasteiger partial charge >= 0.3 is 5.97 Å². The number of allylic oxidation sites excluding steroid dienone is 2. The highest BCUT2D eigenvalue weighted by molar-refractivity contribution is 6.30. The van der Waals surface area contributed by atoms with Crippen LogP contribution < -0.4 is 14.8 Å². The maximum absolute atomic E-state index is 12.2. The first-order chi connectivity index (χ1) is 19.3. The number of benzene rings is 3. The van der Waals surface area contributed by atoms with E-state index < -0.39 is 11.9 Å². The third-order valence-electron chi connectivity index (χ3n) is 5.95. The molecule has 1 heterocycles. The number of amides is 1. The number of hydrogen-bond acceptors (Lipinski definition) is 5. The number of rotatable bonds is 11. The van der Waals surface area contributed by atoms with Crippen molar-refractivity contribution >= 4 is 34.2 Å².